The number of benzene rings is 1. The van der Waals surface area contributed by atoms with Crippen LogP contribution < -0.4 is 0 Å². The number of hydrogen-bond donors (Lipinski definition) is 0. The maximum absolute atomic E-state index is 11.9. The van der Waals surface area contributed by atoms with Crippen LogP contribution in [0.4, 0.5) is 0 Å². The van der Waals surface area contributed by atoms with Crippen molar-refractivity contribution in [2.45, 2.75) is 25.2 Å². The molecule has 0 spiro atoms. The van der Waals surface area contributed by atoms with Crippen molar-refractivity contribution in [3.8, 4) is 0 Å². The largest absolute Gasteiger partial charge is 0.466 e. The van der Waals surface area contributed by atoms with Gasteiger partial charge in [-0.1, -0.05) is 24.6 Å². The molecule has 0 N–H and O–H groups in total. The van der Waals surface area contributed by atoms with E-state index in [1.807, 2.05) is 6.92 Å². The van der Waals surface area contributed by atoms with Crippen molar-refractivity contribution in [1.82, 2.24) is 0 Å². The second kappa shape index (κ2) is 6.38. The quantitative estimate of drug-likeness (QED) is 0.359. The maximum atomic E-state index is 11.9. The second-order valence-corrected chi connectivity index (χ2v) is 5.42. The fraction of sp³-hybridized carbons (Fsp3) is 0.308. The van der Waals surface area contributed by atoms with Gasteiger partial charge in [0.15, 0.2) is 0 Å². The van der Waals surface area contributed by atoms with Gasteiger partial charge in [-0.3, -0.25) is 0 Å². The summed E-state index contributed by atoms with van der Waals surface area (Å²) < 4.78 is 33.0. The van der Waals surface area contributed by atoms with E-state index < -0.39 is 16.1 Å². The molecule has 0 atom stereocenters. The summed E-state index contributed by atoms with van der Waals surface area (Å²) in [6.07, 6.45) is 1.23. The molecule has 5 nitrogen and oxygen atoms in total. The van der Waals surface area contributed by atoms with Gasteiger partial charge in [0.2, 0.25) is 0 Å². The van der Waals surface area contributed by atoms with E-state index in [1.165, 1.54) is 19.2 Å². The third-order valence-corrected chi connectivity index (χ3v) is 3.65. The average Bonchev–Trinajstić information content (AvgIpc) is 2.39. The summed E-state index contributed by atoms with van der Waals surface area (Å²) in [5.41, 5.74) is 1.09. The molecule has 0 aliphatic heterocycles. The van der Waals surface area contributed by atoms with Crippen LogP contribution in [0.3, 0.4) is 0 Å². The summed E-state index contributed by atoms with van der Waals surface area (Å²) in [6, 6.07) is 6.23. The number of hydrogen-bond acceptors (Lipinski definition) is 5. The summed E-state index contributed by atoms with van der Waals surface area (Å²) in [5.74, 6) is -0.610. The topological polar surface area (TPSA) is 69.7 Å². The van der Waals surface area contributed by atoms with Crippen LogP contribution in [0.25, 0.3) is 0 Å². The van der Waals surface area contributed by atoms with Crippen molar-refractivity contribution in [1.29, 1.82) is 0 Å². The van der Waals surface area contributed by atoms with Gasteiger partial charge in [0.25, 0.3) is 0 Å². The number of rotatable bonds is 5. The summed E-state index contributed by atoms with van der Waals surface area (Å²) in [4.78, 5) is 11.3. The fourth-order valence-electron chi connectivity index (χ4n) is 1.29. The van der Waals surface area contributed by atoms with Gasteiger partial charge in [0, 0.05) is 0 Å². The number of carbonyl (C=O) groups excluding carboxylic acids is 1. The van der Waals surface area contributed by atoms with Crippen LogP contribution in [0.1, 0.15) is 18.9 Å². The zero-order chi connectivity index (χ0) is 14.5. The minimum absolute atomic E-state index is 0.0367. The highest BCUT2D eigenvalue weighted by molar-refractivity contribution is 7.86. The Morgan fingerprint density at radius 1 is 1.26 bits per heavy atom. The Balaban J connectivity index is 2.94. The van der Waals surface area contributed by atoms with Crippen molar-refractivity contribution in [3.05, 3.63) is 41.7 Å². The molecule has 0 aliphatic carbocycles. The van der Waals surface area contributed by atoms with Gasteiger partial charge >= 0.3 is 16.1 Å². The van der Waals surface area contributed by atoms with Crippen molar-refractivity contribution in [3.63, 3.8) is 0 Å². The Morgan fingerprint density at radius 2 is 1.84 bits per heavy atom. The molecule has 0 amide bonds. The van der Waals surface area contributed by atoms with Gasteiger partial charge in [-0.2, -0.15) is 8.42 Å². The molecule has 0 radical (unpaired) electrons. The van der Waals surface area contributed by atoms with Crippen LogP contribution in [-0.4, -0.2) is 21.5 Å². The highest BCUT2D eigenvalue weighted by Gasteiger charge is 2.16. The van der Waals surface area contributed by atoms with E-state index in [4.69, 9.17) is 4.18 Å². The highest BCUT2D eigenvalue weighted by Crippen LogP contribution is 2.15. The molecule has 0 aliphatic rings. The second-order valence-electron chi connectivity index (χ2n) is 3.85. The molecule has 0 bridgehead atoms. The van der Waals surface area contributed by atoms with Crippen molar-refractivity contribution >= 4 is 16.1 Å². The SMILES string of the molecule is CC/C(=C\OS(=O)(=O)c1ccc(C)cc1)C(=O)OC. The van der Waals surface area contributed by atoms with Gasteiger partial charge < -0.3 is 8.92 Å². The lowest BCUT2D eigenvalue weighted by Crippen LogP contribution is -2.07. The van der Waals surface area contributed by atoms with E-state index in [0.717, 1.165) is 11.8 Å². The summed E-state index contributed by atoms with van der Waals surface area (Å²) in [6.45, 7) is 3.55. The number of ether oxygens (including phenoxy) is 1. The average molecular weight is 284 g/mol. The molecule has 0 saturated carbocycles. The lowest BCUT2D eigenvalue weighted by Gasteiger charge is -2.05. The Morgan fingerprint density at radius 3 is 2.32 bits per heavy atom. The lowest BCUT2D eigenvalue weighted by atomic mass is 10.2. The standard InChI is InChI=1S/C13H16O5S/c1-4-11(13(14)17-3)9-18-19(15,16)12-7-5-10(2)6-8-12/h5-9H,4H2,1-3H3/b11-9+. The first-order chi connectivity index (χ1) is 8.90. The van der Waals surface area contributed by atoms with E-state index in [2.05, 4.69) is 4.74 Å². The maximum Gasteiger partial charge on any atom is 0.338 e. The monoisotopic (exact) mass is 284 g/mol. The molecular formula is C13H16O5S. The molecule has 104 valence electrons. The summed E-state index contributed by atoms with van der Waals surface area (Å²) in [5, 5.41) is 0. The first-order valence-corrected chi connectivity index (χ1v) is 7.09. The first kappa shape index (κ1) is 15.2. The van der Waals surface area contributed by atoms with Gasteiger partial charge in [-0.25, -0.2) is 4.79 Å². The van der Waals surface area contributed by atoms with Crippen molar-refractivity contribution in [2.75, 3.05) is 7.11 Å². The van der Waals surface area contributed by atoms with Crippen LogP contribution in [-0.2, 0) is 23.8 Å². The van der Waals surface area contributed by atoms with Gasteiger partial charge in [-0.05, 0) is 25.5 Å². The van der Waals surface area contributed by atoms with E-state index in [-0.39, 0.29) is 10.5 Å². The molecule has 1 aromatic rings. The van der Waals surface area contributed by atoms with Crippen LogP contribution in [0.5, 0.6) is 0 Å². The number of carbonyl (C=O) groups is 1. The molecule has 1 rings (SSSR count). The number of aryl methyl sites for hydroxylation is 1. The predicted octanol–water partition coefficient (Wildman–Crippen LogP) is 2.17. The first-order valence-electron chi connectivity index (χ1n) is 5.68. The zero-order valence-electron chi connectivity index (χ0n) is 11.0. The van der Waals surface area contributed by atoms with Crippen LogP contribution in [0.2, 0.25) is 0 Å². The number of methoxy groups -OCH3 is 1. The van der Waals surface area contributed by atoms with Gasteiger partial charge in [0.1, 0.15) is 11.2 Å². The van der Waals surface area contributed by atoms with E-state index in [1.54, 1.807) is 19.1 Å². The van der Waals surface area contributed by atoms with Crippen LogP contribution in [0.15, 0.2) is 41.0 Å². The van der Waals surface area contributed by atoms with Gasteiger partial charge in [0.05, 0.1) is 12.7 Å². The highest BCUT2D eigenvalue weighted by atomic mass is 32.2. The third kappa shape index (κ3) is 4.10. The molecule has 6 heteroatoms. The molecule has 0 aromatic heterocycles. The summed E-state index contributed by atoms with van der Waals surface area (Å²) in [7, 11) is -2.69. The minimum Gasteiger partial charge on any atom is -0.466 e. The molecule has 1 aromatic carbocycles. The fourth-order valence-corrected chi connectivity index (χ4v) is 2.11. The predicted molar refractivity (Wildman–Crippen MR) is 69.8 cm³/mol. The zero-order valence-corrected chi connectivity index (χ0v) is 11.9. The van der Waals surface area contributed by atoms with E-state index in [9.17, 15) is 13.2 Å². The molecule has 0 saturated heterocycles. The molecule has 0 fully saturated rings. The Kier molecular flexibility index (Phi) is 5.11. The molecular weight excluding hydrogens is 268 g/mol. The van der Waals surface area contributed by atoms with Crippen LogP contribution in [0, 0.1) is 6.92 Å². The molecule has 19 heavy (non-hydrogen) atoms. The molecule has 0 heterocycles. The normalized spacial score (nSPS) is 12.1. The van der Waals surface area contributed by atoms with Crippen LogP contribution >= 0.6 is 0 Å². The Hall–Kier alpha value is -1.82. The summed E-state index contributed by atoms with van der Waals surface area (Å²) >= 11 is 0. The lowest BCUT2D eigenvalue weighted by molar-refractivity contribution is -0.136. The van der Waals surface area contributed by atoms with E-state index in [0.29, 0.717) is 6.42 Å². The smallest absolute Gasteiger partial charge is 0.338 e. The third-order valence-electron chi connectivity index (χ3n) is 2.46. The van der Waals surface area contributed by atoms with Crippen molar-refractivity contribution in [2.24, 2.45) is 0 Å². The number of esters is 1. The van der Waals surface area contributed by atoms with E-state index >= 15 is 0 Å². The minimum atomic E-state index is -3.91. The Labute approximate surface area is 113 Å². The Bertz CT molecular complexity index is 570. The van der Waals surface area contributed by atoms with Gasteiger partial charge in [-0.15, -0.1) is 0 Å². The van der Waals surface area contributed by atoms with Crippen molar-refractivity contribution < 1.29 is 22.1 Å². The molecule has 0 unspecified atom stereocenters.